The van der Waals surface area contributed by atoms with Crippen LogP contribution in [0.15, 0.2) is 11.6 Å². The normalized spacial score (nSPS) is 52.9. The van der Waals surface area contributed by atoms with Crippen LogP contribution in [0.3, 0.4) is 0 Å². The number of methoxy groups -OCH3 is 1. The molecular weight excluding hydrogens is 1150 g/mol. The molecule has 10 rings (SSSR count). The second-order valence-electron chi connectivity index (χ2n) is 28.8. The van der Waals surface area contributed by atoms with Gasteiger partial charge in [-0.25, -0.2) is 4.79 Å². The SMILES string of the molecule is COC(=O)C1OC(OC2CCC3(C)C(CCC4(C)C3CC=C3C5CC(C)(C)CCC5(C(=O)OC5OC(COC6OC(CO)C(OC7OC(C)C(O)C(O)C7O)C(O)C6O)C(O)C(O)C5O)CCC34C)C2(C)C)C(O)C(O)C1OC1OC(CO)C(O)C1O. The minimum atomic E-state index is -1.90. The van der Waals surface area contributed by atoms with E-state index in [9.17, 15) is 76.3 Å². The van der Waals surface area contributed by atoms with Crippen LogP contribution in [0.4, 0.5) is 0 Å². The van der Waals surface area contributed by atoms with E-state index in [4.69, 9.17) is 52.1 Å². The highest BCUT2D eigenvalue weighted by Gasteiger charge is 2.70. The van der Waals surface area contributed by atoms with Crippen LogP contribution in [0.5, 0.6) is 0 Å². The summed E-state index contributed by atoms with van der Waals surface area (Å²) >= 11 is 0. The smallest absolute Gasteiger partial charge is 0.337 e. The van der Waals surface area contributed by atoms with Crippen LogP contribution < -0.4 is 0 Å². The van der Waals surface area contributed by atoms with Gasteiger partial charge in [0.15, 0.2) is 31.3 Å². The molecule has 5 aliphatic carbocycles. The summed E-state index contributed by atoms with van der Waals surface area (Å²) in [4.78, 5) is 28.5. The van der Waals surface area contributed by atoms with Crippen molar-refractivity contribution in [3.8, 4) is 0 Å². The highest BCUT2D eigenvalue weighted by atomic mass is 16.8. The Balaban J connectivity index is 0.819. The molecule has 9 fully saturated rings. The monoisotopic (exact) mass is 1250 g/mol. The fourth-order valence-electron chi connectivity index (χ4n) is 17.7. The molecule has 0 bridgehead atoms. The Morgan fingerprint density at radius 1 is 0.552 bits per heavy atom. The number of rotatable bonds is 14. The van der Waals surface area contributed by atoms with Crippen LogP contribution in [0.25, 0.3) is 0 Å². The van der Waals surface area contributed by atoms with Gasteiger partial charge in [0.2, 0.25) is 6.29 Å². The van der Waals surface area contributed by atoms with Crippen LogP contribution in [0.1, 0.15) is 120 Å². The van der Waals surface area contributed by atoms with Crippen molar-refractivity contribution in [3.05, 3.63) is 11.6 Å². The van der Waals surface area contributed by atoms with E-state index in [1.54, 1.807) is 0 Å². The Labute approximate surface area is 505 Å². The number of carbonyl (C=O) groups is 2. The Kier molecular flexibility index (Phi) is 19.4. The fraction of sp³-hybridized carbons (Fsp3) is 0.933. The summed E-state index contributed by atoms with van der Waals surface area (Å²) in [6, 6.07) is 0. The molecule has 87 heavy (non-hydrogen) atoms. The molecule has 27 heteroatoms. The minimum Gasteiger partial charge on any atom is -0.467 e. The molecule has 14 N–H and O–H groups in total. The van der Waals surface area contributed by atoms with Crippen LogP contribution >= 0.6 is 0 Å². The maximum atomic E-state index is 15.2. The number of allylic oxidation sites excluding steroid dienone is 2. The van der Waals surface area contributed by atoms with Crippen LogP contribution in [0, 0.1) is 50.2 Å². The Morgan fingerprint density at radius 3 is 1.77 bits per heavy atom. The number of aliphatic hydroxyl groups excluding tert-OH is 14. The molecule has 32 atom stereocenters. The molecule has 0 aromatic rings. The highest BCUT2D eigenvalue weighted by molar-refractivity contribution is 5.79. The molecule has 0 aromatic heterocycles. The van der Waals surface area contributed by atoms with Gasteiger partial charge in [-0.1, -0.05) is 60.1 Å². The van der Waals surface area contributed by atoms with Gasteiger partial charge in [-0.3, -0.25) is 4.79 Å². The van der Waals surface area contributed by atoms with E-state index < -0.39 is 196 Å². The molecule has 0 spiro atoms. The summed E-state index contributed by atoms with van der Waals surface area (Å²) in [6.45, 7) is 15.1. The van der Waals surface area contributed by atoms with Gasteiger partial charge < -0.3 is 124 Å². The van der Waals surface area contributed by atoms with Gasteiger partial charge in [0.05, 0.1) is 44.6 Å². The number of carbonyl (C=O) groups excluding carboxylic acids is 2. The number of esters is 2. The first-order valence-electron chi connectivity index (χ1n) is 31.0. The van der Waals surface area contributed by atoms with Gasteiger partial charge >= 0.3 is 11.9 Å². The first-order valence-corrected chi connectivity index (χ1v) is 31.0. The van der Waals surface area contributed by atoms with E-state index in [-0.39, 0.29) is 39.4 Å². The van der Waals surface area contributed by atoms with Gasteiger partial charge in [-0.2, -0.15) is 0 Å². The van der Waals surface area contributed by atoms with E-state index in [0.717, 1.165) is 32.8 Å². The van der Waals surface area contributed by atoms with Crippen molar-refractivity contribution in [3.63, 3.8) is 0 Å². The first-order chi connectivity index (χ1) is 40.7. The molecule has 5 saturated heterocycles. The Morgan fingerprint density at radius 2 is 1.10 bits per heavy atom. The number of hydrogen-bond donors (Lipinski definition) is 14. The number of hydrogen-bond acceptors (Lipinski definition) is 27. The van der Waals surface area contributed by atoms with E-state index in [2.05, 4.69) is 54.5 Å². The summed E-state index contributed by atoms with van der Waals surface area (Å²) in [5, 5.41) is 151. The molecule has 0 aromatic carbocycles. The maximum absolute atomic E-state index is 15.2. The van der Waals surface area contributed by atoms with Crippen molar-refractivity contribution in [1.29, 1.82) is 0 Å². The lowest BCUT2D eigenvalue weighted by molar-refractivity contribution is -0.361. The molecule has 10 aliphatic rings. The van der Waals surface area contributed by atoms with E-state index >= 15 is 4.79 Å². The summed E-state index contributed by atoms with van der Waals surface area (Å²) in [7, 11) is 1.12. The lowest BCUT2D eigenvalue weighted by Gasteiger charge is -2.71. The highest BCUT2D eigenvalue weighted by Crippen LogP contribution is 2.76. The van der Waals surface area contributed by atoms with Crippen molar-refractivity contribution in [2.75, 3.05) is 26.9 Å². The van der Waals surface area contributed by atoms with Gasteiger partial charge in [-0.05, 0) is 116 Å². The van der Waals surface area contributed by atoms with Crippen molar-refractivity contribution in [2.45, 2.75) is 273 Å². The lowest BCUT2D eigenvalue weighted by atomic mass is 9.33. The maximum Gasteiger partial charge on any atom is 0.337 e. The molecule has 4 saturated carbocycles. The van der Waals surface area contributed by atoms with Crippen LogP contribution in [-0.4, -0.2) is 264 Å². The van der Waals surface area contributed by atoms with E-state index in [1.165, 1.54) is 12.5 Å². The molecule has 32 unspecified atom stereocenters. The second kappa shape index (κ2) is 24.9. The third-order valence-electron chi connectivity index (χ3n) is 23.3. The average molecular weight is 1250 g/mol. The molecule has 0 radical (unpaired) electrons. The molecule has 498 valence electrons. The first kappa shape index (κ1) is 67.6. The van der Waals surface area contributed by atoms with Crippen molar-refractivity contribution >= 4 is 11.9 Å². The number of aliphatic hydroxyl groups is 14. The van der Waals surface area contributed by atoms with Gasteiger partial charge in [-0.15, -0.1) is 0 Å². The summed E-state index contributed by atoms with van der Waals surface area (Å²) in [5.74, 6) is -1.58. The standard InChI is InChI=1S/C60H96O27/c1-24-33(63)36(66)41(71)50(79-24)84-45-28(22-62)81-49(43(73)38(45)68)78-23-29-35(65)37(67)42(72)52(82-29)87-54(76)60-18-16-55(2,3)20-26(60)25-10-11-31-57(6)14-13-32(56(4,5)30(57)12-15-59(31,8)58(25,7)17-19-60)83-53-44(74)39(69)46(47(86-53)48(75)77-9)85-51-40(70)34(64)27(21-61)80-51/h10,24,26-47,49-53,61-74H,11-23H2,1-9H3. The zero-order valence-corrected chi connectivity index (χ0v) is 51.0. The number of fused-ring (bicyclic) bond motifs is 7. The molecule has 5 aliphatic heterocycles. The predicted octanol–water partition coefficient (Wildman–Crippen LogP) is -2.36. The fourth-order valence-corrected chi connectivity index (χ4v) is 17.7. The largest absolute Gasteiger partial charge is 0.467 e. The minimum absolute atomic E-state index is 0.0910. The Bertz CT molecular complexity index is 2470. The van der Waals surface area contributed by atoms with Gasteiger partial charge in [0, 0.05) is 0 Å². The van der Waals surface area contributed by atoms with Crippen molar-refractivity contribution in [2.24, 2.45) is 50.2 Å². The predicted molar refractivity (Wildman–Crippen MR) is 293 cm³/mol. The summed E-state index contributed by atoms with van der Waals surface area (Å²) in [6.07, 6.45) is -30.7. The van der Waals surface area contributed by atoms with Crippen LogP contribution in [0.2, 0.25) is 0 Å². The molecular formula is C60H96O27. The zero-order valence-electron chi connectivity index (χ0n) is 51.0. The summed E-state index contributed by atoms with van der Waals surface area (Å²) < 4.78 is 63.9. The zero-order chi connectivity index (χ0) is 63.6. The third kappa shape index (κ3) is 11.4. The Hall–Kier alpha value is -2.24. The van der Waals surface area contributed by atoms with E-state index in [0.29, 0.717) is 38.5 Å². The van der Waals surface area contributed by atoms with Gasteiger partial charge in [0.25, 0.3) is 0 Å². The van der Waals surface area contributed by atoms with E-state index in [1.807, 2.05) is 0 Å². The topological polar surface area (TPSA) is 419 Å². The van der Waals surface area contributed by atoms with Gasteiger partial charge in [0.1, 0.15) is 104 Å². The second-order valence-corrected chi connectivity index (χ2v) is 28.8. The molecule has 27 nitrogen and oxygen atoms in total. The molecule has 5 heterocycles. The average Bonchev–Trinajstić information content (AvgIpc) is 0.852. The number of ether oxygens (including phenoxy) is 11. The van der Waals surface area contributed by atoms with Crippen LogP contribution in [-0.2, 0) is 61.7 Å². The molecule has 0 amide bonds. The quantitative estimate of drug-likeness (QED) is 0.0491. The summed E-state index contributed by atoms with van der Waals surface area (Å²) in [5.41, 5.74) is -1.44. The van der Waals surface area contributed by atoms with Crippen molar-refractivity contribution in [1.82, 2.24) is 0 Å². The lowest BCUT2D eigenvalue weighted by Crippen LogP contribution is -2.66. The third-order valence-corrected chi connectivity index (χ3v) is 23.3. The van der Waals surface area contributed by atoms with Crippen molar-refractivity contribution < 1.29 is 133 Å².